The van der Waals surface area contributed by atoms with Gasteiger partial charge in [-0.15, -0.1) is 0 Å². The van der Waals surface area contributed by atoms with Gasteiger partial charge in [-0.3, -0.25) is 0 Å². The van der Waals surface area contributed by atoms with E-state index >= 15 is 0 Å². The third-order valence-electron chi connectivity index (χ3n) is 5.20. The Morgan fingerprint density at radius 2 is 1.78 bits per heavy atom. The molecule has 5 nitrogen and oxygen atoms in total. The molecule has 2 aromatic carbocycles. The fraction of sp³-hybridized carbons (Fsp3) is 0.286. The van der Waals surface area contributed by atoms with Crippen LogP contribution in [0.1, 0.15) is 18.1 Å². The maximum Gasteiger partial charge on any atom is 0.216 e. The molecule has 0 fully saturated rings. The highest BCUT2D eigenvalue weighted by Crippen LogP contribution is 2.41. The smallest absolute Gasteiger partial charge is 0.216 e. The monoisotopic (exact) mass is 387 g/mol. The average molecular weight is 388 g/mol. The van der Waals surface area contributed by atoms with Crippen LogP contribution >= 0.6 is 0 Å². The molecule has 1 aliphatic heterocycles. The number of methoxy groups -OCH3 is 2. The number of rotatable bonds is 3. The molecular weight excluding hydrogens is 366 g/mol. The molecule has 2 N–H and O–H groups in total. The predicted octanol–water partition coefficient (Wildman–Crippen LogP) is 0.345. The number of aryl methyl sites for hydroxylation is 3. The van der Waals surface area contributed by atoms with E-state index < -0.39 is 0 Å². The first-order valence-corrected chi connectivity index (χ1v) is 8.74. The summed E-state index contributed by atoms with van der Waals surface area (Å²) in [5, 5.41) is 22.0. The van der Waals surface area contributed by atoms with Crippen LogP contribution in [0, 0.1) is 0 Å². The molecule has 0 spiro atoms. The maximum absolute atomic E-state index is 10.0. The third kappa shape index (κ3) is 2.82. The topological polar surface area (TPSA) is 62.8 Å². The molecule has 0 saturated carbocycles. The lowest BCUT2D eigenvalue weighted by Gasteiger charge is -2.20. The second-order valence-electron chi connectivity index (χ2n) is 6.51. The SMILES string of the molecule is CCc1c2[n+](cc3c(OC)c(OC)ccc13)CCc1cc(O)c(O)cc1-2.[Cl-]. The van der Waals surface area contributed by atoms with Crippen LogP contribution in [0.2, 0.25) is 0 Å². The highest BCUT2D eigenvalue weighted by Gasteiger charge is 2.30. The summed E-state index contributed by atoms with van der Waals surface area (Å²) in [4.78, 5) is 0. The highest BCUT2D eigenvalue weighted by molar-refractivity contribution is 5.95. The van der Waals surface area contributed by atoms with Gasteiger partial charge in [0.2, 0.25) is 5.69 Å². The molecule has 0 radical (unpaired) electrons. The molecule has 1 aromatic heterocycles. The van der Waals surface area contributed by atoms with Crippen LogP contribution in [0.3, 0.4) is 0 Å². The number of halogens is 1. The van der Waals surface area contributed by atoms with E-state index in [-0.39, 0.29) is 23.9 Å². The van der Waals surface area contributed by atoms with Gasteiger partial charge < -0.3 is 32.1 Å². The number of hydrogen-bond acceptors (Lipinski definition) is 4. The van der Waals surface area contributed by atoms with E-state index in [2.05, 4.69) is 23.8 Å². The van der Waals surface area contributed by atoms with Crippen molar-refractivity contribution in [2.45, 2.75) is 26.3 Å². The molecular formula is C21H22ClNO4. The summed E-state index contributed by atoms with van der Waals surface area (Å²) >= 11 is 0. The van der Waals surface area contributed by atoms with Gasteiger partial charge in [-0.05, 0) is 36.2 Å². The Morgan fingerprint density at radius 1 is 1.04 bits per heavy atom. The number of phenolic OH excluding ortho intramolecular Hbond substituents is 2. The molecule has 0 saturated heterocycles. The van der Waals surface area contributed by atoms with Crippen molar-refractivity contribution in [1.29, 1.82) is 0 Å². The third-order valence-corrected chi connectivity index (χ3v) is 5.20. The Morgan fingerprint density at radius 3 is 2.44 bits per heavy atom. The average Bonchev–Trinajstić information content (AvgIpc) is 2.66. The summed E-state index contributed by atoms with van der Waals surface area (Å²) in [6.45, 7) is 2.93. The molecule has 2 heterocycles. The zero-order chi connectivity index (χ0) is 18.4. The van der Waals surface area contributed by atoms with Gasteiger partial charge in [-0.1, -0.05) is 6.92 Å². The summed E-state index contributed by atoms with van der Waals surface area (Å²) in [5.74, 6) is 1.28. The molecule has 4 rings (SSSR count). The molecule has 0 bridgehead atoms. The Hall–Kier alpha value is -2.66. The van der Waals surface area contributed by atoms with Crippen molar-refractivity contribution in [3.05, 3.63) is 41.6 Å². The maximum atomic E-state index is 10.0. The minimum atomic E-state index is -0.0911. The van der Waals surface area contributed by atoms with Crippen LogP contribution in [-0.4, -0.2) is 24.4 Å². The summed E-state index contributed by atoms with van der Waals surface area (Å²) in [6.07, 6.45) is 3.73. The fourth-order valence-electron chi connectivity index (χ4n) is 4.00. The number of nitrogens with zero attached hydrogens (tertiary/aromatic N) is 1. The van der Waals surface area contributed by atoms with Crippen LogP contribution in [0.25, 0.3) is 22.0 Å². The molecule has 0 aliphatic carbocycles. The van der Waals surface area contributed by atoms with Gasteiger partial charge >= 0.3 is 0 Å². The van der Waals surface area contributed by atoms with E-state index in [1.54, 1.807) is 26.4 Å². The van der Waals surface area contributed by atoms with E-state index in [1.807, 2.05) is 6.07 Å². The largest absolute Gasteiger partial charge is 1.00 e. The van der Waals surface area contributed by atoms with Crippen molar-refractivity contribution in [2.24, 2.45) is 0 Å². The second kappa shape index (κ2) is 7.16. The summed E-state index contributed by atoms with van der Waals surface area (Å²) in [5.41, 5.74) is 4.30. The molecule has 0 unspecified atom stereocenters. The molecule has 6 heteroatoms. The number of ether oxygens (including phenoxy) is 2. The van der Waals surface area contributed by atoms with Crippen LogP contribution in [0.4, 0.5) is 0 Å². The number of aromatic hydroxyl groups is 2. The van der Waals surface area contributed by atoms with Gasteiger partial charge in [0.25, 0.3) is 0 Å². The quantitative estimate of drug-likeness (QED) is 0.503. The van der Waals surface area contributed by atoms with Crippen molar-refractivity contribution in [3.63, 3.8) is 0 Å². The predicted molar refractivity (Wildman–Crippen MR) is 99.1 cm³/mol. The normalized spacial score (nSPS) is 12.1. The number of hydrogen-bond donors (Lipinski definition) is 2. The molecule has 0 atom stereocenters. The van der Waals surface area contributed by atoms with E-state index in [0.29, 0.717) is 5.75 Å². The number of pyridine rings is 1. The molecule has 27 heavy (non-hydrogen) atoms. The highest BCUT2D eigenvalue weighted by atomic mass is 35.5. The number of phenols is 2. The number of benzene rings is 2. The van der Waals surface area contributed by atoms with Crippen molar-refractivity contribution in [2.75, 3.05) is 14.2 Å². The second-order valence-corrected chi connectivity index (χ2v) is 6.51. The minimum absolute atomic E-state index is 0. The Labute approximate surface area is 164 Å². The summed E-state index contributed by atoms with van der Waals surface area (Å²) < 4.78 is 13.3. The van der Waals surface area contributed by atoms with Crippen molar-refractivity contribution in [3.8, 4) is 34.3 Å². The first kappa shape index (κ1) is 19.1. The molecule has 1 aliphatic rings. The first-order chi connectivity index (χ1) is 12.6. The Kier molecular flexibility index (Phi) is 5.07. The van der Waals surface area contributed by atoms with E-state index in [9.17, 15) is 10.2 Å². The molecule has 0 amide bonds. The van der Waals surface area contributed by atoms with Crippen molar-refractivity contribution < 1.29 is 36.7 Å². The number of aromatic nitrogens is 1. The first-order valence-electron chi connectivity index (χ1n) is 8.74. The van der Waals surface area contributed by atoms with E-state index in [0.717, 1.165) is 52.7 Å². The van der Waals surface area contributed by atoms with E-state index in [1.165, 1.54) is 5.56 Å². The number of fused-ring (bicyclic) bond motifs is 4. The zero-order valence-electron chi connectivity index (χ0n) is 15.5. The summed E-state index contributed by atoms with van der Waals surface area (Å²) in [6, 6.07) is 7.33. The lowest BCUT2D eigenvalue weighted by molar-refractivity contribution is -0.686. The molecule has 142 valence electrons. The van der Waals surface area contributed by atoms with Crippen LogP contribution in [0.5, 0.6) is 23.0 Å². The van der Waals surface area contributed by atoms with Gasteiger partial charge in [-0.2, -0.15) is 4.57 Å². The van der Waals surface area contributed by atoms with Gasteiger partial charge in [0.05, 0.1) is 25.2 Å². The van der Waals surface area contributed by atoms with Crippen molar-refractivity contribution in [1.82, 2.24) is 0 Å². The van der Waals surface area contributed by atoms with Gasteiger partial charge in [0.1, 0.15) is 0 Å². The van der Waals surface area contributed by atoms with Crippen LogP contribution < -0.4 is 26.4 Å². The van der Waals surface area contributed by atoms with Crippen molar-refractivity contribution >= 4 is 10.8 Å². The Balaban J connectivity index is 0.00000210. The lowest BCUT2D eigenvalue weighted by Crippen LogP contribution is -3.00. The standard InChI is InChI=1S/C21H21NO4.ClH/c1-4-13-14-5-6-19(25-2)21(26-3)16(14)11-22-8-7-12-9-17(23)18(24)10-15(12)20(13)22;/h5-6,9-11,24H,4,7-8H2,1-3H3;1H. The van der Waals surface area contributed by atoms with E-state index in [4.69, 9.17) is 9.47 Å². The van der Waals surface area contributed by atoms with Gasteiger partial charge in [0.15, 0.2) is 35.7 Å². The van der Waals surface area contributed by atoms with Gasteiger partial charge in [0, 0.05) is 17.4 Å². The Bertz CT molecular complexity index is 1030. The molecule has 3 aromatic rings. The van der Waals surface area contributed by atoms with Gasteiger partial charge in [-0.25, -0.2) is 0 Å². The minimum Gasteiger partial charge on any atom is -1.00 e. The zero-order valence-corrected chi connectivity index (χ0v) is 16.3. The van der Waals surface area contributed by atoms with Crippen LogP contribution in [0.15, 0.2) is 30.5 Å². The fourth-order valence-corrected chi connectivity index (χ4v) is 4.00. The van der Waals surface area contributed by atoms with Crippen LogP contribution in [-0.2, 0) is 19.4 Å². The summed E-state index contributed by atoms with van der Waals surface area (Å²) in [7, 11) is 3.30. The lowest BCUT2D eigenvalue weighted by atomic mass is 9.90.